The van der Waals surface area contributed by atoms with Crippen molar-refractivity contribution in [3.63, 3.8) is 0 Å². The Hall–Kier alpha value is -4.76. The maximum absolute atomic E-state index is 14.5. The molecule has 3 aromatic rings. The van der Waals surface area contributed by atoms with Crippen molar-refractivity contribution in [3.05, 3.63) is 64.9 Å². The number of aliphatic hydroxyl groups is 1. The van der Waals surface area contributed by atoms with Crippen molar-refractivity contribution in [3.8, 4) is 11.1 Å². The molecule has 2 saturated heterocycles. The molecule has 8 rings (SSSR count). The first kappa shape index (κ1) is 37.6. The lowest BCUT2D eigenvalue weighted by molar-refractivity contribution is -0.128. The molecule has 13 nitrogen and oxygen atoms in total. The molecule has 0 unspecified atom stereocenters. The van der Waals surface area contributed by atoms with Gasteiger partial charge in [-0.05, 0) is 67.2 Å². The number of benzene rings is 1. The fourth-order valence-electron chi connectivity index (χ4n) is 8.86. The standard InChI is InChI=1S/C38H46F2N10O2.CH4O/c1-24(52)47-11-7-33(45-28-5-8-38(9-6-28)22-49(23-38)29-18-48(19-29)37-42-14-25(21-51)15-43-37)32(20-47)36(41)50-10-3-4-26-12-30(27-16-44-46(2)17-27)31(35(39)40)13-34(26)50;1-2/h12-17,21,28-29,35,41,45H,3-11,18-20,22-23H2,1-2H3;2H,1H3. The summed E-state index contributed by atoms with van der Waals surface area (Å²) >= 11 is 0. The quantitative estimate of drug-likeness (QED) is 0.174. The van der Waals surface area contributed by atoms with Crippen molar-refractivity contribution in [1.29, 1.82) is 5.41 Å². The maximum atomic E-state index is 14.5. The maximum Gasteiger partial charge on any atom is 0.264 e. The summed E-state index contributed by atoms with van der Waals surface area (Å²) in [4.78, 5) is 40.5. The van der Waals surface area contributed by atoms with E-state index >= 15 is 0 Å². The van der Waals surface area contributed by atoms with E-state index in [1.54, 1.807) is 54.4 Å². The number of nitrogens with one attached hydrogen (secondary N) is 2. The Kier molecular flexibility index (Phi) is 10.8. The molecule has 3 fully saturated rings. The lowest BCUT2D eigenvalue weighted by Gasteiger charge is -2.59. The number of amidine groups is 1. The Bertz CT molecular complexity index is 1890. The van der Waals surface area contributed by atoms with Gasteiger partial charge in [0.05, 0.1) is 18.3 Å². The van der Waals surface area contributed by atoms with Crippen molar-refractivity contribution >= 4 is 29.7 Å². The van der Waals surface area contributed by atoms with Crippen molar-refractivity contribution in [1.82, 2.24) is 34.9 Å². The van der Waals surface area contributed by atoms with Crippen LogP contribution in [0.3, 0.4) is 0 Å². The zero-order valence-electron chi connectivity index (χ0n) is 31.3. The van der Waals surface area contributed by atoms with E-state index in [-0.39, 0.29) is 23.3 Å². The number of hydrogen-bond acceptors (Lipinski definition) is 10. The van der Waals surface area contributed by atoms with Gasteiger partial charge in [0.15, 0.2) is 6.29 Å². The van der Waals surface area contributed by atoms with Gasteiger partial charge in [-0.2, -0.15) is 5.10 Å². The van der Waals surface area contributed by atoms with E-state index in [0.717, 1.165) is 94.9 Å². The topological polar surface area (TPSA) is 147 Å². The molecular weight excluding hydrogens is 694 g/mol. The molecule has 0 bridgehead atoms. The lowest BCUT2D eigenvalue weighted by Crippen LogP contribution is -2.69. The molecule has 288 valence electrons. The van der Waals surface area contributed by atoms with Crippen LogP contribution in [0.15, 0.2) is 48.2 Å². The first-order valence-corrected chi connectivity index (χ1v) is 18.9. The molecule has 1 amide bonds. The molecule has 1 spiro atoms. The second kappa shape index (κ2) is 15.5. The average Bonchev–Trinajstić information content (AvgIpc) is 3.60. The molecule has 6 heterocycles. The summed E-state index contributed by atoms with van der Waals surface area (Å²) in [5.41, 5.74) is 5.27. The highest BCUT2D eigenvalue weighted by atomic mass is 19.3. The van der Waals surface area contributed by atoms with Crippen LogP contribution in [-0.2, 0) is 18.3 Å². The van der Waals surface area contributed by atoms with Gasteiger partial charge in [0.1, 0.15) is 5.84 Å². The summed E-state index contributed by atoms with van der Waals surface area (Å²) < 4.78 is 30.7. The van der Waals surface area contributed by atoms with E-state index < -0.39 is 6.43 Å². The third-order valence-electron chi connectivity index (χ3n) is 11.9. The number of aromatic nitrogens is 4. The Balaban J connectivity index is 0.00000221. The van der Waals surface area contributed by atoms with E-state index in [2.05, 4.69) is 30.2 Å². The summed E-state index contributed by atoms with van der Waals surface area (Å²) in [6.45, 7) is 7.04. The number of aldehydes is 1. The van der Waals surface area contributed by atoms with E-state index in [9.17, 15) is 23.8 Å². The van der Waals surface area contributed by atoms with Gasteiger partial charge in [0.25, 0.3) is 6.43 Å². The van der Waals surface area contributed by atoms with Gasteiger partial charge in [-0.1, -0.05) is 0 Å². The summed E-state index contributed by atoms with van der Waals surface area (Å²) in [5, 5.41) is 24.6. The molecule has 1 aliphatic carbocycles. The summed E-state index contributed by atoms with van der Waals surface area (Å²) in [7, 11) is 2.77. The highest BCUT2D eigenvalue weighted by molar-refractivity contribution is 6.09. The number of nitrogens with zero attached hydrogens (tertiary/aromatic N) is 8. The van der Waals surface area contributed by atoms with Gasteiger partial charge in [0, 0.05) is 126 Å². The van der Waals surface area contributed by atoms with Crippen LogP contribution in [0, 0.1) is 10.8 Å². The number of alkyl halides is 2. The molecule has 1 saturated carbocycles. The number of hydrogen-bond donors (Lipinski definition) is 3. The van der Waals surface area contributed by atoms with Gasteiger partial charge in [-0.15, -0.1) is 0 Å². The van der Waals surface area contributed by atoms with Crippen LogP contribution >= 0.6 is 0 Å². The van der Waals surface area contributed by atoms with Crippen LogP contribution in [0.5, 0.6) is 0 Å². The minimum absolute atomic E-state index is 0.0310. The number of aliphatic hydroxyl groups excluding tert-OH is 1. The Morgan fingerprint density at radius 2 is 1.80 bits per heavy atom. The van der Waals surface area contributed by atoms with Gasteiger partial charge in [-0.3, -0.25) is 24.6 Å². The monoisotopic (exact) mass is 744 g/mol. The van der Waals surface area contributed by atoms with Crippen LogP contribution in [0.4, 0.5) is 20.4 Å². The van der Waals surface area contributed by atoms with Gasteiger partial charge in [0.2, 0.25) is 11.9 Å². The smallest absolute Gasteiger partial charge is 0.264 e. The largest absolute Gasteiger partial charge is 0.400 e. The summed E-state index contributed by atoms with van der Waals surface area (Å²) in [6, 6.07) is 4.21. The molecule has 3 N–H and O–H groups in total. The third kappa shape index (κ3) is 7.35. The second-order valence-electron chi connectivity index (χ2n) is 15.3. The zero-order chi connectivity index (χ0) is 38.1. The van der Waals surface area contributed by atoms with Crippen molar-refractivity contribution in [2.24, 2.45) is 12.5 Å². The van der Waals surface area contributed by atoms with Crippen molar-refractivity contribution < 1.29 is 23.5 Å². The van der Waals surface area contributed by atoms with E-state index in [1.165, 1.54) is 0 Å². The summed E-state index contributed by atoms with van der Waals surface area (Å²) in [5.74, 6) is 0.929. The van der Waals surface area contributed by atoms with Crippen LogP contribution < -0.4 is 15.1 Å². The molecule has 1 aromatic carbocycles. The summed E-state index contributed by atoms with van der Waals surface area (Å²) in [6.07, 6.45) is 11.1. The minimum atomic E-state index is -2.68. The second-order valence-corrected chi connectivity index (χ2v) is 15.3. The Morgan fingerprint density at radius 3 is 2.43 bits per heavy atom. The van der Waals surface area contributed by atoms with Crippen molar-refractivity contribution in [2.45, 2.75) is 70.4 Å². The number of rotatable bonds is 8. The molecule has 15 heteroatoms. The fourth-order valence-corrected chi connectivity index (χ4v) is 8.86. The normalized spacial score (nSPS) is 20.2. The lowest BCUT2D eigenvalue weighted by atomic mass is 9.66. The first-order valence-electron chi connectivity index (χ1n) is 18.9. The van der Waals surface area contributed by atoms with Crippen LogP contribution in [0.1, 0.15) is 73.4 Å². The molecule has 0 atom stereocenters. The average molecular weight is 745 g/mol. The predicted octanol–water partition coefficient (Wildman–Crippen LogP) is 4.19. The predicted molar refractivity (Wildman–Crippen MR) is 202 cm³/mol. The SMILES string of the molecule is CC(=O)N1CCC(NC2CCC3(CC2)CN(C2CN(c4ncc(C=O)cn4)C2)C3)=C(C(=N)N2CCCc3cc(-c4cnn(C)c4)c(C(F)F)cc32)C1.CO. The third-order valence-corrected chi connectivity index (χ3v) is 11.9. The first-order chi connectivity index (χ1) is 26.1. The highest BCUT2D eigenvalue weighted by Crippen LogP contribution is 2.46. The molecule has 54 heavy (non-hydrogen) atoms. The Morgan fingerprint density at radius 1 is 1.07 bits per heavy atom. The van der Waals surface area contributed by atoms with Gasteiger partial charge >= 0.3 is 0 Å². The zero-order valence-corrected chi connectivity index (χ0v) is 31.3. The van der Waals surface area contributed by atoms with E-state index in [4.69, 9.17) is 5.11 Å². The Labute approximate surface area is 314 Å². The van der Waals surface area contributed by atoms with Crippen molar-refractivity contribution in [2.75, 3.05) is 62.7 Å². The molecule has 5 aliphatic rings. The number of anilines is 2. The number of halogens is 2. The highest BCUT2D eigenvalue weighted by Gasteiger charge is 2.49. The molecule has 4 aliphatic heterocycles. The number of carbonyl (C=O) groups is 2. The van der Waals surface area contributed by atoms with Crippen LogP contribution in [-0.4, -0.2) is 118 Å². The van der Waals surface area contributed by atoms with Gasteiger partial charge in [-0.25, -0.2) is 18.7 Å². The number of aryl methyl sites for hydroxylation is 2. The number of fused-ring (bicyclic) bond motifs is 1. The fraction of sp³-hybridized carbons (Fsp3) is 0.538. The number of carbonyl (C=O) groups excluding carboxylic acids is 2. The van der Waals surface area contributed by atoms with Crippen LogP contribution in [0.2, 0.25) is 0 Å². The number of amides is 1. The number of likely N-dealkylation sites (tertiary alicyclic amines) is 1. The van der Waals surface area contributed by atoms with E-state index in [1.807, 2.05) is 11.0 Å². The molecule has 2 aromatic heterocycles. The molecular formula is C39H50F2N10O3. The van der Waals surface area contributed by atoms with Gasteiger partial charge < -0.3 is 25.1 Å². The van der Waals surface area contributed by atoms with E-state index in [0.29, 0.717) is 65.8 Å². The minimum Gasteiger partial charge on any atom is -0.400 e. The van der Waals surface area contributed by atoms with Crippen LogP contribution in [0.25, 0.3) is 11.1 Å². The molecule has 0 radical (unpaired) electrons.